The van der Waals surface area contributed by atoms with Gasteiger partial charge in [-0.05, 0) is 12.8 Å². The Hall–Kier alpha value is -2.57. The number of carbonyl (C=O) groups is 3. The van der Waals surface area contributed by atoms with Crippen molar-refractivity contribution in [3.63, 3.8) is 0 Å². The highest BCUT2D eigenvalue weighted by atomic mass is 16.3. The summed E-state index contributed by atoms with van der Waals surface area (Å²) in [6.07, 6.45) is 10.7. The average Bonchev–Trinajstić information content (AvgIpc) is 3.11. The molecule has 1 aliphatic heterocycles. The molecule has 0 unspecified atom stereocenters. The first-order valence-corrected chi connectivity index (χ1v) is 9.17. The quantitative estimate of drug-likeness (QED) is 0.466. The van der Waals surface area contributed by atoms with E-state index in [-0.39, 0.29) is 29.5 Å². The Kier molecular flexibility index (Phi) is 7.44. The number of imide groups is 1. The lowest BCUT2D eigenvalue weighted by atomic mass is 10.1. The van der Waals surface area contributed by atoms with Crippen molar-refractivity contribution in [1.29, 1.82) is 0 Å². The molecular weight excluding hydrogens is 336 g/mol. The Bertz CT molecular complexity index is 640. The van der Waals surface area contributed by atoms with E-state index in [1.54, 1.807) is 0 Å². The summed E-state index contributed by atoms with van der Waals surface area (Å²) in [4.78, 5) is 35.9. The highest BCUT2D eigenvalue weighted by Crippen LogP contribution is 2.22. The molecule has 0 saturated carbocycles. The Morgan fingerprint density at radius 1 is 0.769 bits per heavy atom. The predicted molar refractivity (Wildman–Crippen MR) is 95.8 cm³/mol. The van der Waals surface area contributed by atoms with E-state index in [4.69, 9.17) is 0 Å². The summed E-state index contributed by atoms with van der Waals surface area (Å²) in [6.45, 7) is 0.492. The van der Waals surface area contributed by atoms with Crippen molar-refractivity contribution in [1.82, 2.24) is 9.47 Å². The number of amides is 2. The Labute approximate surface area is 152 Å². The first kappa shape index (κ1) is 19.8. The summed E-state index contributed by atoms with van der Waals surface area (Å²) >= 11 is 0. The van der Waals surface area contributed by atoms with Gasteiger partial charge in [-0.2, -0.15) is 0 Å². The number of unbranched alkanes of at least 4 members (excludes halogenated alkanes) is 7. The summed E-state index contributed by atoms with van der Waals surface area (Å²) in [5, 5.41) is 19.0. The number of hydrogen-bond acceptors (Lipinski definition) is 5. The van der Waals surface area contributed by atoms with E-state index in [0.29, 0.717) is 13.0 Å². The van der Waals surface area contributed by atoms with Crippen LogP contribution in [0.15, 0.2) is 24.3 Å². The van der Waals surface area contributed by atoms with Gasteiger partial charge in [0.1, 0.15) is 0 Å². The minimum absolute atomic E-state index is 0.217. The van der Waals surface area contributed by atoms with E-state index in [0.717, 1.165) is 55.9 Å². The predicted octanol–water partition coefficient (Wildman–Crippen LogP) is 2.98. The van der Waals surface area contributed by atoms with Gasteiger partial charge in [0, 0.05) is 37.3 Å². The lowest BCUT2D eigenvalue weighted by molar-refractivity contribution is -0.136. The summed E-state index contributed by atoms with van der Waals surface area (Å²) in [7, 11) is 0. The third kappa shape index (κ3) is 5.47. The number of aromatic nitrogens is 1. The Morgan fingerprint density at radius 3 is 1.77 bits per heavy atom. The number of rotatable bonds is 11. The summed E-state index contributed by atoms with van der Waals surface area (Å²) in [6, 6.07) is 2.58. The molecule has 0 saturated heterocycles. The van der Waals surface area contributed by atoms with Crippen LogP contribution in [-0.2, 0) is 9.59 Å². The van der Waals surface area contributed by atoms with E-state index in [2.05, 4.69) is 0 Å². The maximum atomic E-state index is 11.9. The van der Waals surface area contributed by atoms with Crippen LogP contribution in [0.2, 0.25) is 0 Å². The van der Waals surface area contributed by atoms with Gasteiger partial charge in [-0.25, -0.2) is 4.57 Å². The van der Waals surface area contributed by atoms with Gasteiger partial charge < -0.3 is 10.2 Å². The SMILES string of the molecule is O=C1C=CC(=O)N1CCCCCCCCCCC(=O)n1c(O)ccc1O. The molecule has 7 nitrogen and oxygen atoms in total. The molecule has 0 fully saturated rings. The molecule has 2 heterocycles. The molecular formula is C19H26N2O5. The van der Waals surface area contributed by atoms with Crippen LogP contribution in [0.1, 0.15) is 62.6 Å². The van der Waals surface area contributed by atoms with Crippen molar-refractivity contribution in [2.24, 2.45) is 0 Å². The highest BCUT2D eigenvalue weighted by molar-refractivity contribution is 6.12. The second-order valence-electron chi connectivity index (χ2n) is 6.52. The fourth-order valence-electron chi connectivity index (χ4n) is 3.04. The van der Waals surface area contributed by atoms with Gasteiger partial charge in [0.2, 0.25) is 17.7 Å². The third-order valence-electron chi connectivity index (χ3n) is 4.51. The van der Waals surface area contributed by atoms with Gasteiger partial charge in [-0.1, -0.05) is 38.5 Å². The van der Waals surface area contributed by atoms with Crippen LogP contribution in [-0.4, -0.2) is 43.9 Å². The maximum Gasteiger partial charge on any atom is 0.253 e. The average molecular weight is 362 g/mol. The second kappa shape index (κ2) is 9.79. The summed E-state index contributed by atoms with van der Waals surface area (Å²) < 4.78 is 0.922. The highest BCUT2D eigenvalue weighted by Gasteiger charge is 2.22. The third-order valence-corrected chi connectivity index (χ3v) is 4.51. The minimum Gasteiger partial charge on any atom is -0.494 e. The monoisotopic (exact) mass is 362 g/mol. The van der Waals surface area contributed by atoms with Crippen molar-refractivity contribution in [2.45, 2.75) is 57.8 Å². The first-order valence-electron chi connectivity index (χ1n) is 9.17. The van der Waals surface area contributed by atoms with Gasteiger partial charge in [0.25, 0.3) is 11.8 Å². The van der Waals surface area contributed by atoms with Gasteiger partial charge in [-0.15, -0.1) is 0 Å². The lowest BCUT2D eigenvalue weighted by Gasteiger charge is -2.13. The van der Waals surface area contributed by atoms with Gasteiger partial charge in [-0.3, -0.25) is 19.3 Å². The fraction of sp³-hybridized carbons (Fsp3) is 0.526. The van der Waals surface area contributed by atoms with E-state index in [1.165, 1.54) is 29.2 Å². The molecule has 7 heteroatoms. The molecule has 0 atom stereocenters. The Balaban J connectivity index is 1.44. The van der Waals surface area contributed by atoms with E-state index in [9.17, 15) is 24.6 Å². The zero-order chi connectivity index (χ0) is 18.9. The maximum absolute atomic E-state index is 11.9. The van der Waals surface area contributed by atoms with Crippen LogP contribution in [0.5, 0.6) is 11.8 Å². The smallest absolute Gasteiger partial charge is 0.253 e. The molecule has 1 aliphatic rings. The largest absolute Gasteiger partial charge is 0.494 e. The van der Waals surface area contributed by atoms with Crippen molar-refractivity contribution in [3.05, 3.63) is 24.3 Å². The topological polar surface area (TPSA) is 99.8 Å². The molecule has 2 rings (SSSR count). The van der Waals surface area contributed by atoms with Crippen LogP contribution in [0.25, 0.3) is 0 Å². The van der Waals surface area contributed by atoms with Crippen LogP contribution in [0.3, 0.4) is 0 Å². The summed E-state index contributed by atoms with van der Waals surface area (Å²) in [5.41, 5.74) is 0. The molecule has 2 N–H and O–H groups in total. The fourth-order valence-corrected chi connectivity index (χ4v) is 3.04. The molecule has 0 aromatic carbocycles. The van der Waals surface area contributed by atoms with Gasteiger partial charge in [0.15, 0.2) is 0 Å². The van der Waals surface area contributed by atoms with Crippen LogP contribution >= 0.6 is 0 Å². The molecule has 0 bridgehead atoms. The minimum atomic E-state index is -0.300. The van der Waals surface area contributed by atoms with Crippen LogP contribution in [0, 0.1) is 0 Å². The van der Waals surface area contributed by atoms with Crippen LogP contribution < -0.4 is 0 Å². The lowest BCUT2D eigenvalue weighted by Crippen LogP contribution is -2.30. The zero-order valence-corrected chi connectivity index (χ0v) is 14.9. The molecule has 1 aromatic rings. The molecule has 1 aromatic heterocycles. The number of nitrogens with zero attached hydrogens (tertiary/aromatic N) is 2. The molecule has 0 radical (unpaired) electrons. The number of hydrogen-bond donors (Lipinski definition) is 2. The van der Waals surface area contributed by atoms with E-state index < -0.39 is 0 Å². The second-order valence-corrected chi connectivity index (χ2v) is 6.52. The molecule has 142 valence electrons. The number of aromatic hydroxyl groups is 2. The van der Waals surface area contributed by atoms with Crippen LogP contribution in [0.4, 0.5) is 0 Å². The standard InChI is InChI=1S/C19H26N2O5/c22-15-10-11-16(23)20(15)14-8-6-4-2-1-3-5-7-9-17(24)21-18(25)12-13-19(21)26/h10-13,25-26H,1-9,14H2. The molecule has 26 heavy (non-hydrogen) atoms. The molecule has 2 amide bonds. The van der Waals surface area contributed by atoms with E-state index >= 15 is 0 Å². The molecule has 0 aliphatic carbocycles. The van der Waals surface area contributed by atoms with Crippen molar-refractivity contribution >= 4 is 17.7 Å². The van der Waals surface area contributed by atoms with Crippen molar-refractivity contribution in [2.75, 3.05) is 6.54 Å². The summed E-state index contributed by atoms with van der Waals surface area (Å²) in [5.74, 6) is -1.20. The normalized spacial score (nSPS) is 13.8. The van der Waals surface area contributed by atoms with Gasteiger partial charge in [0.05, 0.1) is 0 Å². The van der Waals surface area contributed by atoms with E-state index in [1.807, 2.05) is 0 Å². The number of carbonyl (C=O) groups excluding carboxylic acids is 3. The van der Waals surface area contributed by atoms with Gasteiger partial charge >= 0.3 is 0 Å². The molecule has 0 spiro atoms. The zero-order valence-electron chi connectivity index (χ0n) is 14.9. The van der Waals surface area contributed by atoms with Crippen molar-refractivity contribution < 1.29 is 24.6 Å². The van der Waals surface area contributed by atoms with Crippen molar-refractivity contribution in [3.8, 4) is 11.8 Å². The Morgan fingerprint density at radius 2 is 1.23 bits per heavy atom. The first-order chi connectivity index (χ1) is 12.5.